The number of allylic oxidation sites excluding steroid dienone is 1. The van der Waals surface area contributed by atoms with Crippen molar-refractivity contribution in [3.8, 4) is 5.69 Å². The average molecular weight is 388 g/mol. The predicted molar refractivity (Wildman–Crippen MR) is 114 cm³/mol. The van der Waals surface area contributed by atoms with E-state index in [9.17, 15) is 4.39 Å². The summed E-state index contributed by atoms with van der Waals surface area (Å²) < 4.78 is 15.2. The smallest absolute Gasteiger partial charge is 0.123 e. The first-order chi connectivity index (χ1) is 14.0. The van der Waals surface area contributed by atoms with E-state index in [0.717, 1.165) is 30.6 Å². The molecule has 0 bridgehead atoms. The summed E-state index contributed by atoms with van der Waals surface area (Å²) in [6, 6.07) is 17.0. The first-order valence-corrected chi connectivity index (χ1v) is 10.4. The zero-order valence-corrected chi connectivity index (χ0v) is 16.7. The lowest BCUT2D eigenvalue weighted by molar-refractivity contribution is 0.242. The molecule has 2 aromatic carbocycles. The number of nitrogens with zero attached hydrogens (tertiary/aromatic N) is 2. The first-order valence-electron chi connectivity index (χ1n) is 10.4. The van der Waals surface area contributed by atoms with E-state index in [4.69, 9.17) is 5.73 Å². The standard InChI is InChI=1S/C25H26FN3/c1-25-15-18-16-28-29(22-11-9-21(26)10-12-22)24(18)14-20(25)8-7-19(25)13-23(27)17-5-3-2-4-6-17/h2-6,9-12,14,16,19,23H,7-8,13,15,27H2,1H3. The molecular weight excluding hydrogens is 361 g/mol. The summed E-state index contributed by atoms with van der Waals surface area (Å²) in [7, 11) is 0. The van der Waals surface area contributed by atoms with Gasteiger partial charge in [0.05, 0.1) is 17.6 Å². The van der Waals surface area contributed by atoms with Crippen molar-refractivity contribution >= 4 is 6.08 Å². The summed E-state index contributed by atoms with van der Waals surface area (Å²) >= 11 is 0. The second kappa shape index (κ2) is 6.96. The molecule has 3 unspecified atom stereocenters. The highest BCUT2D eigenvalue weighted by atomic mass is 19.1. The Balaban J connectivity index is 1.43. The lowest BCUT2D eigenvalue weighted by Gasteiger charge is -2.37. The fourth-order valence-electron chi connectivity index (χ4n) is 5.24. The van der Waals surface area contributed by atoms with Gasteiger partial charge in [0, 0.05) is 6.04 Å². The van der Waals surface area contributed by atoms with Crippen molar-refractivity contribution < 1.29 is 4.39 Å². The van der Waals surface area contributed by atoms with Crippen molar-refractivity contribution in [3.63, 3.8) is 0 Å². The Bertz CT molecular complexity index is 1050. The molecule has 0 amide bonds. The van der Waals surface area contributed by atoms with Crippen LogP contribution in [-0.2, 0) is 6.42 Å². The van der Waals surface area contributed by atoms with Crippen LogP contribution in [0.4, 0.5) is 4.39 Å². The maximum absolute atomic E-state index is 13.3. The number of rotatable bonds is 4. The van der Waals surface area contributed by atoms with Gasteiger partial charge in [0.2, 0.25) is 0 Å². The maximum atomic E-state index is 13.3. The van der Waals surface area contributed by atoms with Crippen molar-refractivity contribution in [2.45, 2.75) is 38.6 Å². The maximum Gasteiger partial charge on any atom is 0.123 e. The second-order valence-corrected chi connectivity index (χ2v) is 8.70. The van der Waals surface area contributed by atoms with Gasteiger partial charge in [-0.15, -0.1) is 0 Å². The van der Waals surface area contributed by atoms with Crippen molar-refractivity contribution in [3.05, 3.63) is 89.0 Å². The number of aromatic nitrogens is 2. The lowest BCUT2D eigenvalue weighted by Crippen LogP contribution is -2.31. The molecule has 5 rings (SSSR count). The van der Waals surface area contributed by atoms with Crippen LogP contribution >= 0.6 is 0 Å². The Morgan fingerprint density at radius 2 is 1.93 bits per heavy atom. The number of benzene rings is 2. The molecule has 0 spiro atoms. The topological polar surface area (TPSA) is 43.8 Å². The van der Waals surface area contributed by atoms with Crippen LogP contribution in [0.2, 0.25) is 0 Å². The fraction of sp³-hybridized carbons (Fsp3) is 0.320. The van der Waals surface area contributed by atoms with Gasteiger partial charge < -0.3 is 5.73 Å². The Hall–Kier alpha value is -2.72. The second-order valence-electron chi connectivity index (χ2n) is 8.70. The number of halogens is 1. The van der Waals surface area contributed by atoms with Crippen molar-refractivity contribution in [1.82, 2.24) is 9.78 Å². The van der Waals surface area contributed by atoms with Crippen LogP contribution in [0.15, 0.2) is 66.4 Å². The zero-order valence-electron chi connectivity index (χ0n) is 16.7. The summed E-state index contributed by atoms with van der Waals surface area (Å²) in [4.78, 5) is 0. The largest absolute Gasteiger partial charge is 0.324 e. The minimum absolute atomic E-state index is 0.0701. The molecule has 1 heterocycles. The zero-order chi connectivity index (χ0) is 20.0. The molecule has 2 aliphatic carbocycles. The molecule has 1 aromatic heterocycles. The number of nitrogens with two attached hydrogens (primary N) is 1. The van der Waals surface area contributed by atoms with Crippen molar-refractivity contribution in [2.75, 3.05) is 0 Å². The molecule has 148 valence electrons. The van der Waals surface area contributed by atoms with E-state index in [1.54, 1.807) is 12.1 Å². The van der Waals surface area contributed by atoms with Gasteiger partial charge in [-0.3, -0.25) is 0 Å². The van der Waals surface area contributed by atoms with E-state index in [0.29, 0.717) is 5.92 Å². The number of fused-ring (bicyclic) bond motifs is 2. The van der Waals surface area contributed by atoms with E-state index in [1.807, 2.05) is 16.9 Å². The average Bonchev–Trinajstić information content (AvgIpc) is 3.27. The number of hydrogen-bond donors (Lipinski definition) is 1. The van der Waals surface area contributed by atoms with E-state index in [2.05, 4.69) is 42.4 Å². The van der Waals surface area contributed by atoms with Crippen LogP contribution in [0.5, 0.6) is 0 Å². The summed E-state index contributed by atoms with van der Waals surface area (Å²) in [5, 5.41) is 4.61. The fourth-order valence-corrected chi connectivity index (χ4v) is 5.24. The predicted octanol–water partition coefficient (Wildman–Crippen LogP) is 5.46. The van der Waals surface area contributed by atoms with Crippen LogP contribution in [-0.4, -0.2) is 9.78 Å². The third kappa shape index (κ3) is 3.12. The third-order valence-electron chi connectivity index (χ3n) is 6.99. The molecule has 29 heavy (non-hydrogen) atoms. The third-order valence-corrected chi connectivity index (χ3v) is 6.99. The van der Waals surface area contributed by atoms with Gasteiger partial charge >= 0.3 is 0 Å². The summed E-state index contributed by atoms with van der Waals surface area (Å²) in [6.07, 6.45) is 8.57. The monoisotopic (exact) mass is 387 g/mol. The van der Waals surface area contributed by atoms with Crippen LogP contribution in [0.1, 0.15) is 49.0 Å². The minimum atomic E-state index is -0.228. The molecule has 4 heteroatoms. The van der Waals surface area contributed by atoms with Gasteiger partial charge in [-0.1, -0.05) is 42.8 Å². The van der Waals surface area contributed by atoms with E-state index in [1.165, 1.54) is 35.3 Å². The molecule has 2 N–H and O–H groups in total. The summed E-state index contributed by atoms with van der Waals surface area (Å²) in [6.45, 7) is 2.40. The molecule has 0 radical (unpaired) electrons. The van der Waals surface area contributed by atoms with Crippen LogP contribution in [0, 0.1) is 17.2 Å². The molecule has 2 aliphatic rings. The number of hydrogen-bond acceptors (Lipinski definition) is 2. The highest BCUT2D eigenvalue weighted by molar-refractivity contribution is 5.61. The van der Waals surface area contributed by atoms with E-state index in [-0.39, 0.29) is 17.3 Å². The lowest BCUT2D eigenvalue weighted by atomic mass is 9.68. The minimum Gasteiger partial charge on any atom is -0.324 e. The van der Waals surface area contributed by atoms with Crippen LogP contribution in [0.3, 0.4) is 0 Å². The van der Waals surface area contributed by atoms with Crippen molar-refractivity contribution in [2.24, 2.45) is 17.1 Å². The molecule has 3 atom stereocenters. The van der Waals surface area contributed by atoms with Gasteiger partial charge in [0.25, 0.3) is 0 Å². The Morgan fingerprint density at radius 3 is 2.69 bits per heavy atom. The molecule has 3 nitrogen and oxygen atoms in total. The van der Waals surface area contributed by atoms with Crippen LogP contribution in [0.25, 0.3) is 11.8 Å². The van der Waals surface area contributed by atoms with Gasteiger partial charge in [0.1, 0.15) is 5.82 Å². The molecule has 1 saturated carbocycles. The van der Waals surface area contributed by atoms with Gasteiger partial charge in [-0.25, -0.2) is 9.07 Å². The highest BCUT2D eigenvalue weighted by Gasteiger charge is 2.45. The van der Waals surface area contributed by atoms with E-state index < -0.39 is 0 Å². The summed E-state index contributed by atoms with van der Waals surface area (Å²) in [5.74, 6) is 0.334. The van der Waals surface area contributed by atoms with Gasteiger partial charge in [-0.2, -0.15) is 5.10 Å². The van der Waals surface area contributed by atoms with E-state index >= 15 is 0 Å². The first kappa shape index (κ1) is 18.3. The summed E-state index contributed by atoms with van der Waals surface area (Å²) in [5.41, 5.74) is 12.7. The van der Waals surface area contributed by atoms with Gasteiger partial charge in [-0.05, 0) is 78.5 Å². The molecule has 0 aliphatic heterocycles. The molecule has 3 aromatic rings. The SMILES string of the molecule is CC12Cc3cnn(-c4ccc(F)cc4)c3C=C1CCC2CC(N)c1ccccc1. The van der Waals surface area contributed by atoms with Crippen LogP contribution < -0.4 is 5.73 Å². The Morgan fingerprint density at radius 1 is 1.17 bits per heavy atom. The molecular formula is C25H26FN3. The molecule has 0 saturated heterocycles. The normalized spacial score (nSPS) is 24.0. The van der Waals surface area contributed by atoms with Crippen molar-refractivity contribution in [1.29, 1.82) is 0 Å². The quantitative estimate of drug-likeness (QED) is 0.646. The molecule has 1 fully saturated rings. The Kier molecular flexibility index (Phi) is 4.39. The Labute approximate surface area is 171 Å². The van der Waals surface area contributed by atoms with Gasteiger partial charge in [0.15, 0.2) is 0 Å². The highest BCUT2D eigenvalue weighted by Crippen LogP contribution is 2.55.